The van der Waals surface area contributed by atoms with Gasteiger partial charge in [-0.3, -0.25) is 0 Å². The van der Waals surface area contributed by atoms with Crippen LogP contribution in [0, 0.1) is 0 Å². The molecule has 1 rings (SSSR count). The van der Waals surface area contributed by atoms with Gasteiger partial charge in [0.25, 0.3) is 5.82 Å². The van der Waals surface area contributed by atoms with Crippen molar-refractivity contribution in [1.82, 2.24) is 4.98 Å². The number of hydrogen-bond donors (Lipinski definition) is 1. The Kier molecular flexibility index (Phi) is 38.7. The molecule has 53 heavy (non-hydrogen) atoms. The summed E-state index contributed by atoms with van der Waals surface area (Å²) >= 11 is 0. The number of nitrogens with one attached hydrogen (secondary N) is 1. The number of imidazole rings is 1. The largest absolute Gasteiger partial charge is 0.257 e. The van der Waals surface area contributed by atoms with E-state index in [-0.39, 0.29) is 0 Å². The first-order valence-electron chi connectivity index (χ1n) is 25.3. The molecule has 0 bridgehead atoms. The van der Waals surface area contributed by atoms with E-state index >= 15 is 0 Å². The Labute approximate surface area is 336 Å². The molecule has 0 saturated heterocycles. The van der Waals surface area contributed by atoms with Crippen molar-refractivity contribution in [1.29, 1.82) is 0 Å². The minimum absolute atomic E-state index is 0.616. The lowest BCUT2D eigenvalue weighted by Crippen LogP contribution is -2.41. The van der Waals surface area contributed by atoms with Gasteiger partial charge in [-0.2, -0.15) is 0 Å². The Hall–Kier alpha value is -0.790. The molecule has 1 N–H and O–H groups in total. The molecule has 0 aliphatic heterocycles. The molecule has 2 nitrogen and oxygen atoms in total. The molecule has 314 valence electrons. The fraction of sp³-hybridized carbons (Fsp3) is 0.941. The Bertz CT molecular complexity index is 779. The molecule has 0 amide bonds. The van der Waals surface area contributed by atoms with Crippen LogP contribution in [0.5, 0.6) is 0 Å². The molecule has 1 unspecified atom stereocenters. The highest BCUT2D eigenvalue weighted by Crippen LogP contribution is 2.28. The van der Waals surface area contributed by atoms with E-state index in [1.165, 1.54) is 270 Å². The van der Waals surface area contributed by atoms with Gasteiger partial charge in [0.15, 0.2) is 0 Å². The number of nitrogens with zero attached hydrogens (tertiary/aromatic N) is 1. The summed E-state index contributed by atoms with van der Waals surface area (Å²) in [5.74, 6) is 2.25. The Morgan fingerprint density at radius 3 is 0.887 bits per heavy atom. The fourth-order valence-corrected chi connectivity index (χ4v) is 8.90. The van der Waals surface area contributed by atoms with Gasteiger partial charge in [-0.15, -0.1) is 0 Å². The molecule has 1 aromatic rings. The molecule has 0 aromatic carbocycles. The van der Waals surface area contributed by atoms with Crippen LogP contribution >= 0.6 is 0 Å². The Morgan fingerprint density at radius 1 is 0.358 bits per heavy atom. The maximum atomic E-state index is 3.79. The Morgan fingerprint density at radius 2 is 0.604 bits per heavy atom. The molecule has 0 aliphatic carbocycles. The zero-order valence-corrected chi connectivity index (χ0v) is 37.5. The summed E-state index contributed by atoms with van der Waals surface area (Å²) in [6, 6.07) is 0.616. The predicted octanol–water partition coefficient (Wildman–Crippen LogP) is 18.4. The van der Waals surface area contributed by atoms with Gasteiger partial charge in [-0.05, 0) is 32.6 Å². The smallest absolute Gasteiger partial charge is 0.247 e. The van der Waals surface area contributed by atoms with Crippen molar-refractivity contribution < 1.29 is 4.57 Å². The average molecular weight is 742 g/mol. The summed E-state index contributed by atoms with van der Waals surface area (Å²) in [4.78, 5) is 3.79. The lowest BCUT2D eigenvalue weighted by molar-refractivity contribution is -0.727. The summed E-state index contributed by atoms with van der Waals surface area (Å²) in [5, 5.41) is 0. The summed E-state index contributed by atoms with van der Waals surface area (Å²) in [7, 11) is 0. The van der Waals surface area contributed by atoms with Crippen LogP contribution in [-0.4, -0.2) is 4.98 Å². The molecule has 0 fully saturated rings. The number of unbranched alkanes of at least 4 members (excludes halogenated alkanes) is 36. The third-order valence-corrected chi connectivity index (χ3v) is 12.6. The fourth-order valence-electron chi connectivity index (χ4n) is 8.90. The van der Waals surface area contributed by atoms with Crippen molar-refractivity contribution in [3.63, 3.8) is 0 Å². The van der Waals surface area contributed by atoms with Crippen LogP contribution in [0.1, 0.15) is 315 Å². The van der Waals surface area contributed by atoms with E-state index in [0.717, 1.165) is 0 Å². The molecule has 0 aliphatic rings. The number of aromatic amines is 1. The molecule has 0 radical (unpaired) electrons. The van der Waals surface area contributed by atoms with Crippen LogP contribution in [0.3, 0.4) is 0 Å². The minimum atomic E-state index is 0.616. The number of H-pyrrole nitrogens is 1. The summed E-state index contributed by atoms with van der Waals surface area (Å²) < 4.78 is 2.66. The maximum Gasteiger partial charge on any atom is 0.257 e. The molecule has 1 atom stereocenters. The van der Waals surface area contributed by atoms with Gasteiger partial charge in [-0.1, -0.05) is 265 Å². The maximum absolute atomic E-state index is 3.79. The summed E-state index contributed by atoms with van der Waals surface area (Å²) in [5.41, 5.74) is 0. The van der Waals surface area contributed by atoms with Crippen LogP contribution in [0.4, 0.5) is 0 Å². The number of rotatable bonds is 44. The first-order valence-corrected chi connectivity index (χ1v) is 25.3. The van der Waals surface area contributed by atoms with Crippen LogP contribution < -0.4 is 4.57 Å². The summed E-state index contributed by atoms with van der Waals surface area (Å²) in [6.45, 7) is 9.44. The van der Waals surface area contributed by atoms with Crippen molar-refractivity contribution in [2.75, 3.05) is 0 Å². The average Bonchev–Trinajstić information content (AvgIpc) is 3.66. The second kappa shape index (κ2) is 40.9. The summed E-state index contributed by atoms with van der Waals surface area (Å²) in [6.07, 6.45) is 65.1. The predicted molar refractivity (Wildman–Crippen MR) is 239 cm³/mol. The van der Waals surface area contributed by atoms with E-state index in [0.29, 0.717) is 12.0 Å². The monoisotopic (exact) mass is 742 g/mol. The van der Waals surface area contributed by atoms with Gasteiger partial charge in [0.1, 0.15) is 12.4 Å². The van der Waals surface area contributed by atoms with Crippen LogP contribution in [0.2, 0.25) is 0 Å². The van der Waals surface area contributed by atoms with Crippen molar-refractivity contribution in [3.05, 3.63) is 18.2 Å². The van der Waals surface area contributed by atoms with Crippen LogP contribution in [0.15, 0.2) is 12.4 Å². The molecule has 1 aromatic heterocycles. The highest BCUT2D eigenvalue weighted by molar-refractivity contribution is 4.90. The van der Waals surface area contributed by atoms with E-state index < -0.39 is 0 Å². The lowest BCUT2D eigenvalue weighted by atomic mass is 9.92. The van der Waals surface area contributed by atoms with E-state index in [1.54, 1.807) is 5.82 Å². The van der Waals surface area contributed by atoms with Crippen LogP contribution in [-0.2, 0) is 0 Å². The van der Waals surface area contributed by atoms with Gasteiger partial charge in [-0.25, -0.2) is 9.55 Å². The van der Waals surface area contributed by atoms with Crippen molar-refractivity contribution in [3.8, 4) is 0 Å². The Balaban J connectivity index is 2.35. The van der Waals surface area contributed by atoms with Crippen molar-refractivity contribution >= 4 is 0 Å². The third-order valence-electron chi connectivity index (χ3n) is 12.6. The van der Waals surface area contributed by atoms with Gasteiger partial charge >= 0.3 is 0 Å². The highest BCUT2D eigenvalue weighted by atomic mass is 15.1. The molecule has 0 spiro atoms. The quantitative estimate of drug-likeness (QED) is 0.0507. The van der Waals surface area contributed by atoms with E-state index in [1.807, 2.05) is 0 Å². The first-order chi connectivity index (χ1) is 26.2. The topological polar surface area (TPSA) is 19.7 Å². The molecule has 0 saturated carbocycles. The zero-order valence-electron chi connectivity index (χ0n) is 37.5. The second-order valence-electron chi connectivity index (χ2n) is 17.9. The van der Waals surface area contributed by atoms with E-state index in [9.17, 15) is 0 Å². The first kappa shape index (κ1) is 50.2. The van der Waals surface area contributed by atoms with Crippen molar-refractivity contribution in [2.24, 2.45) is 0 Å². The standard InChI is InChI=1S/C51H100N2/c1-5-8-11-14-17-20-22-24-26-28-30-33-36-39-42-45-50(46-43-40-37-34-31-29-27-25-23-21-18-15-12-9-6-2)51-52-47-48-53(51)49(4)44-41-38-35-32-19-16-13-10-7-3/h47-50H,5-46H2,1-4H3/p+1. The SMILES string of the molecule is CCCCCCCCCCCCCCCCCC(CCCCCCCCCCCCCCCCC)c1[nH]cc[n+]1C(C)CCCCCCCCCCC. The molecule has 2 heteroatoms. The molecule has 1 heterocycles. The zero-order chi connectivity index (χ0) is 38.1. The van der Waals surface area contributed by atoms with Crippen molar-refractivity contribution in [2.45, 2.75) is 309 Å². The minimum Gasteiger partial charge on any atom is -0.247 e. The molecular weight excluding hydrogens is 641 g/mol. The lowest BCUT2D eigenvalue weighted by Gasteiger charge is -2.17. The van der Waals surface area contributed by atoms with Crippen LogP contribution in [0.25, 0.3) is 0 Å². The second-order valence-corrected chi connectivity index (χ2v) is 17.9. The number of aromatic nitrogens is 2. The van der Waals surface area contributed by atoms with Gasteiger partial charge in [0.05, 0.1) is 12.0 Å². The van der Waals surface area contributed by atoms with E-state index in [4.69, 9.17) is 0 Å². The third kappa shape index (κ3) is 32.0. The van der Waals surface area contributed by atoms with E-state index in [2.05, 4.69) is 49.6 Å². The highest BCUT2D eigenvalue weighted by Gasteiger charge is 2.25. The van der Waals surface area contributed by atoms with Gasteiger partial charge in [0.2, 0.25) is 0 Å². The van der Waals surface area contributed by atoms with Gasteiger partial charge < -0.3 is 0 Å². The normalized spacial score (nSPS) is 12.4. The number of hydrogen-bond acceptors (Lipinski definition) is 0. The van der Waals surface area contributed by atoms with Gasteiger partial charge in [0, 0.05) is 0 Å². The molecular formula is C51H101N2+.